The number of ether oxygens (including phenoxy) is 2. The van der Waals surface area contributed by atoms with Gasteiger partial charge in [0, 0.05) is 6.61 Å². The van der Waals surface area contributed by atoms with E-state index in [1.165, 1.54) is 0 Å². The molecule has 1 N–H and O–H groups in total. The highest BCUT2D eigenvalue weighted by molar-refractivity contribution is 5.79. The quantitative estimate of drug-likeness (QED) is 0.603. The summed E-state index contributed by atoms with van der Waals surface area (Å²) in [4.78, 5) is 11.2. The molecule has 1 unspecified atom stereocenters. The number of rotatable bonds is 2. The van der Waals surface area contributed by atoms with Crippen LogP contribution in [-0.4, -0.2) is 36.5 Å². The number of hydrogen-bond donors (Lipinski definition) is 1. The maximum absolute atomic E-state index is 11.2. The molecule has 4 heteroatoms. The minimum absolute atomic E-state index is 0.0613. The Morgan fingerprint density at radius 1 is 1.75 bits per heavy atom. The molecule has 0 aromatic rings. The van der Waals surface area contributed by atoms with E-state index in [1.54, 1.807) is 6.92 Å². The minimum Gasteiger partial charge on any atom is -0.464 e. The van der Waals surface area contributed by atoms with Gasteiger partial charge in [-0.05, 0) is 19.8 Å². The van der Waals surface area contributed by atoms with Gasteiger partial charge in [-0.1, -0.05) is 0 Å². The second-order valence-electron chi connectivity index (χ2n) is 2.91. The van der Waals surface area contributed by atoms with Crippen molar-refractivity contribution in [3.8, 4) is 0 Å². The summed E-state index contributed by atoms with van der Waals surface area (Å²) in [5.74, 6) is -0.565. The number of hydrogen-bond acceptors (Lipinski definition) is 4. The van der Waals surface area contributed by atoms with Crippen LogP contribution in [0, 0.1) is 0 Å². The van der Waals surface area contributed by atoms with Gasteiger partial charge < -0.3 is 14.6 Å². The predicted octanol–water partition coefficient (Wildman–Crippen LogP) is 0.0910. The molecule has 0 saturated carbocycles. The molecule has 0 bridgehead atoms. The smallest absolute Gasteiger partial charge is 0.340 e. The summed E-state index contributed by atoms with van der Waals surface area (Å²) in [6.45, 7) is 2.68. The molecule has 0 aliphatic carbocycles. The highest BCUT2D eigenvalue weighted by Gasteiger charge is 2.39. The van der Waals surface area contributed by atoms with Crippen molar-refractivity contribution in [2.45, 2.75) is 25.4 Å². The molecular weight excluding hydrogens is 160 g/mol. The monoisotopic (exact) mass is 174 g/mol. The molecule has 1 fully saturated rings. The van der Waals surface area contributed by atoms with Gasteiger partial charge in [0.25, 0.3) is 0 Å². The highest BCUT2D eigenvalue weighted by atomic mass is 16.6. The third-order valence-electron chi connectivity index (χ3n) is 1.88. The molecule has 1 heterocycles. The summed E-state index contributed by atoms with van der Waals surface area (Å²) >= 11 is 0. The van der Waals surface area contributed by atoms with Crippen molar-refractivity contribution in [2.75, 3.05) is 19.8 Å². The van der Waals surface area contributed by atoms with Crippen LogP contribution >= 0.6 is 0 Å². The Hall–Kier alpha value is -0.610. The van der Waals surface area contributed by atoms with Crippen molar-refractivity contribution in [1.82, 2.24) is 0 Å². The Morgan fingerprint density at radius 2 is 2.50 bits per heavy atom. The molecule has 1 saturated heterocycles. The van der Waals surface area contributed by atoms with Crippen molar-refractivity contribution in [1.29, 1.82) is 0 Å². The largest absolute Gasteiger partial charge is 0.464 e. The second kappa shape index (κ2) is 3.87. The summed E-state index contributed by atoms with van der Waals surface area (Å²) in [5.41, 5.74) is -1.39. The molecule has 12 heavy (non-hydrogen) atoms. The Morgan fingerprint density at radius 3 is 3.00 bits per heavy atom. The molecule has 0 aromatic heterocycles. The van der Waals surface area contributed by atoms with Gasteiger partial charge in [0.15, 0.2) is 5.60 Å². The third-order valence-corrected chi connectivity index (χ3v) is 1.88. The summed E-state index contributed by atoms with van der Waals surface area (Å²) in [5, 5.41) is 9.67. The summed E-state index contributed by atoms with van der Waals surface area (Å²) in [6.07, 6.45) is 1.14. The zero-order valence-corrected chi connectivity index (χ0v) is 7.21. The molecule has 4 nitrogen and oxygen atoms in total. The Balaban J connectivity index is 2.50. The van der Waals surface area contributed by atoms with Crippen molar-refractivity contribution in [2.24, 2.45) is 0 Å². The Labute approximate surface area is 71.5 Å². The standard InChI is InChI=1S/C8H14O4/c1-2-12-7(9)8(10)4-3-5-11-6-8/h10H,2-6H2,1H3. The van der Waals surface area contributed by atoms with Gasteiger partial charge >= 0.3 is 5.97 Å². The molecule has 0 amide bonds. The highest BCUT2D eigenvalue weighted by Crippen LogP contribution is 2.20. The molecular formula is C8H14O4. The lowest BCUT2D eigenvalue weighted by atomic mass is 9.97. The van der Waals surface area contributed by atoms with Gasteiger partial charge in [0.05, 0.1) is 13.2 Å². The van der Waals surface area contributed by atoms with E-state index in [1.807, 2.05) is 0 Å². The van der Waals surface area contributed by atoms with E-state index >= 15 is 0 Å². The van der Waals surface area contributed by atoms with Crippen LogP contribution in [0.2, 0.25) is 0 Å². The van der Waals surface area contributed by atoms with Gasteiger partial charge in [0.2, 0.25) is 0 Å². The SMILES string of the molecule is CCOC(=O)C1(O)CCCOC1. The van der Waals surface area contributed by atoms with Crippen molar-refractivity contribution < 1.29 is 19.4 Å². The van der Waals surface area contributed by atoms with Crippen molar-refractivity contribution in [3.63, 3.8) is 0 Å². The van der Waals surface area contributed by atoms with Crippen LogP contribution in [0.5, 0.6) is 0 Å². The number of aliphatic hydroxyl groups is 1. The van der Waals surface area contributed by atoms with Gasteiger partial charge in [-0.3, -0.25) is 0 Å². The summed E-state index contributed by atoms with van der Waals surface area (Å²) in [7, 11) is 0. The second-order valence-corrected chi connectivity index (χ2v) is 2.91. The maximum Gasteiger partial charge on any atom is 0.340 e. The van der Waals surface area contributed by atoms with Gasteiger partial charge in [0.1, 0.15) is 0 Å². The van der Waals surface area contributed by atoms with E-state index in [9.17, 15) is 9.90 Å². The number of carbonyl (C=O) groups excluding carboxylic acids is 1. The molecule has 0 aromatic carbocycles. The van der Waals surface area contributed by atoms with E-state index in [0.29, 0.717) is 26.1 Å². The molecule has 1 atom stereocenters. The first-order chi connectivity index (χ1) is 5.69. The molecule has 70 valence electrons. The number of carbonyl (C=O) groups is 1. The first-order valence-corrected chi connectivity index (χ1v) is 4.16. The lowest BCUT2D eigenvalue weighted by Gasteiger charge is -2.29. The van der Waals surface area contributed by atoms with E-state index in [-0.39, 0.29) is 6.61 Å². The topological polar surface area (TPSA) is 55.8 Å². The first-order valence-electron chi connectivity index (χ1n) is 4.16. The fourth-order valence-corrected chi connectivity index (χ4v) is 1.21. The minimum atomic E-state index is -1.39. The molecule has 1 aliphatic heterocycles. The molecule has 1 aliphatic rings. The van der Waals surface area contributed by atoms with Crippen LogP contribution in [0.1, 0.15) is 19.8 Å². The van der Waals surface area contributed by atoms with Gasteiger partial charge in [-0.25, -0.2) is 4.79 Å². The first kappa shape index (κ1) is 9.48. The van der Waals surface area contributed by atoms with Crippen molar-refractivity contribution >= 4 is 5.97 Å². The maximum atomic E-state index is 11.2. The molecule has 0 spiro atoms. The lowest BCUT2D eigenvalue weighted by molar-refractivity contribution is -0.178. The van der Waals surface area contributed by atoms with Crippen LogP contribution in [0.4, 0.5) is 0 Å². The molecule has 0 radical (unpaired) electrons. The number of esters is 1. The third kappa shape index (κ3) is 1.95. The van der Waals surface area contributed by atoms with E-state index < -0.39 is 11.6 Å². The van der Waals surface area contributed by atoms with Gasteiger partial charge in [-0.15, -0.1) is 0 Å². The fraction of sp³-hybridized carbons (Fsp3) is 0.875. The van der Waals surface area contributed by atoms with E-state index in [0.717, 1.165) is 0 Å². The lowest BCUT2D eigenvalue weighted by Crippen LogP contribution is -2.47. The van der Waals surface area contributed by atoms with Gasteiger partial charge in [-0.2, -0.15) is 0 Å². The van der Waals surface area contributed by atoms with E-state index in [4.69, 9.17) is 9.47 Å². The Kier molecular flexibility index (Phi) is 3.05. The molecule has 1 rings (SSSR count). The van der Waals surface area contributed by atoms with Crippen molar-refractivity contribution in [3.05, 3.63) is 0 Å². The normalized spacial score (nSPS) is 29.8. The van der Waals surface area contributed by atoms with Crippen LogP contribution in [0.25, 0.3) is 0 Å². The van der Waals surface area contributed by atoms with Crippen LogP contribution in [0.15, 0.2) is 0 Å². The van der Waals surface area contributed by atoms with Crippen LogP contribution in [0.3, 0.4) is 0 Å². The zero-order chi connectivity index (χ0) is 9.03. The fourth-order valence-electron chi connectivity index (χ4n) is 1.21. The summed E-state index contributed by atoms with van der Waals surface area (Å²) < 4.78 is 9.72. The Bertz CT molecular complexity index is 160. The average molecular weight is 174 g/mol. The predicted molar refractivity (Wildman–Crippen MR) is 41.6 cm³/mol. The zero-order valence-electron chi connectivity index (χ0n) is 7.21. The van der Waals surface area contributed by atoms with Crippen LogP contribution < -0.4 is 0 Å². The average Bonchev–Trinajstić information content (AvgIpc) is 2.06. The van der Waals surface area contributed by atoms with E-state index in [2.05, 4.69) is 0 Å². The van der Waals surface area contributed by atoms with Crippen LogP contribution in [-0.2, 0) is 14.3 Å². The summed E-state index contributed by atoms with van der Waals surface area (Å²) in [6, 6.07) is 0.